The quantitative estimate of drug-likeness (QED) is 0.508. The first-order valence-corrected chi connectivity index (χ1v) is 12.1. The second kappa shape index (κ2) is 11.2. The number of carboxylic acid groups (broad SMARTS) is 1. The topological polar surface area (TPSA) is 105 Å². The molecule has 34 heavy (non-hydrogen) atoms. The first-order valence-electron chi connectivity index (χ1n) is 12.1. The number of hydrogen-bond donors (Lipinski definition) is 3. The number of carbonyl (C=O) groups excluding carboxylic acids is 2. The molecule has 0 saturated heterocycles. The highest BCUT2D eigenvalue weighted by Gasteiger charge is 2.29. The summed E-state index contributed by atoms with van der Waals surface area (Å²) in [5.41, 5.74) is 4.61. The third-order valence-electron chi connectivity index (χ3n) is 6.92. The van der Waals surface area contributed by atoms with Crippen LogP contribution in [0.25, 0.3) is 11.1 Å². The molecule has 0 radical (unpaired) electrons. The Morgan fingerprint density at radius 1 is 0.941 bits per heavy atom. The summed E-state index contributed by atoms with van der Waals surface area (Å²) in [4.78, 5) is 35.9. The number of fused-ring (bicyclic) bond motifs is 3. The van der Waals surface area contributed by atoms with Gasteiger partial charge in [0.05, 0.1) is 6.42 Å². The minimum absolute atomic E-state index is 0.0197. The van der Waals surface area contributed by atoms with Gasteiger partial charge in [0.1, 0.15) is 6.61 Å². The van der Waals surface area contributed by atoms with Crippen molar-refractivity contribution in [2.75, 3.05) is 13.2 Å². The lowest BCUT2D eigenvalue weighted by Crippen LogP contribution is -2.43. The van der Waals surface area contributed by atoms with Crippen molar-refractivity contribution in [2.45, 2.75) is 56.9 Å². The Labute approximate surface area is 199 Å². The Bertz CT molecular complexity index is 986. The van der Waals surface area contributed by atoms with Gasteiger partial charge in [-0.3, -0.25) is 9.59 Å². The van der Waals surface area contributed by atoms with Crippen molar-refractivity contribution < 1.29 is 24.2 Å². The van der Waals surface area contributed by atoms with E-state index < -0.39 is 12.1 Å². The highest BCUT2D eigenvalue weighted by molar-refractivity contribution is 5.80. The van der Waals surface area contributed by atoms with E-state index in [1.807, 2.05) is 24.3 Å². The van der Waals surface area contributed by atoms with E-state index in [-0.39, 0.29) is 49.8 Å². The van der Waals surface area contributed by atoms with Gasteiger partial charge < -0.3 is 20.5 Å². The molecule has 180 valence electrons. The number of nitrogens with one attached hydrogen (secondary N) is 2. The minimum Gasteiger partial charge on any atom is -0.481 e. The fraction of sp³-hybridized carbons (Fsp3) is 0.444. The minimum atomic E-state index is -0.910. The number of amides is 2. The van der Waals surface area contributed by atoms with E-state index in [1.165, 1.54) is 0 Å². The van der Waals surface area contributed by atoms with Crippen LogP contribution in [0.2, 0.25) is 0 Å². The number of carbonyl (C=O) groups is 3. The van der Waals surface area contributed by atoms with E-state index in [9.17, 15) is 19.5 Å². The summed E-state index contributed by atoms with van der Waals surface area (Å²) in [6.45, 7) is 0.349. The van der Waals surface area contributed by atoms with Gasteiger partial charge in [-0.15, -0.1) is 0 Å². The molecule has 0 spiro atoms. The van der Waals surface area contributed by atoms with Gasteiger partial charge in [-0.2, -0.15) is 0 Å². The Kier molecular flexibility index (Phi) is 7.83. The third-order valence-corrected chi connectivity index (χ3v) is 6.92. The second-order valence-electron chi connectivity index (χ2n) is 9.17. The van der Waals surface area contributed by atoms with Crippen LogP contribution in [0.1, 0.15) is 62.0 Å². The van der Waals surface area contributed by atoms with E-state index in [1.54, 1.807) is 0 Å². The van der Waals surface area contributed by atoms with Crippen molar-refractivity contribution in [3.05, 3.63) is 59.7 Å². The molecule has 3 N–H and O–H groups in total. The predicted molar refractivity (Wildman–Crippen MR) is 128 cm³/mol. The molecule has 2 aliphatic rings. The molecule has 0 heterocycles. The highest BCUT2D eigenvalue weighted by atomic mass is 16.5. The number of alkyl carbamates (subject to hydrolysis) is 1. The van der Waals surface area contributed by atoms with Crippen molar-refractivity contribution >= 4 is 18.0 Å². The van der Waals surface area contributed by atoms with Crippen LogP contribution in [0, 0.1) is 5.92 Å². The molecule has 0 bridgehead atoms. The zero-order chi connectivity index (χ0) is 23.9. The molecule has 2 aromatic carbocycles. The molecule has 0 aromatic heterocycles. The SMILES string of the molecule is O=C(O)CC(NC(=O)CCNC(=O)OCC1c2ccccc2-c2ccccc21)C1CCCCC1. The predicted octanol–water partition coefficient (Wildman–Crippen LogP) is 4.46. The van der Waals surface area contributed by atoms with Gasteiger partial charge in [-0.1, -0.05) is 67.8 Å². The smallest absolute Gasteiger partial charge is 0.407 e. The number of aliphatic carboxylic acids is 1. The summed E-state index contributed by atoms with van der Waals surface area (Å²) in [6, 6.07) is 15.9. The molecular formula is C27H32N2O5. The molecule has 0 aliphatic heterocycles. The van der Waals surface area contributed by atoms with Crippen LogP contribution in [0.15, 0.2) is 48.5 Å². The van der Waals surface area contributed by atoms with Crippen molar-refractivity contribution in [1.29, 1.82) is 0 Å². The molecule has 2 amide bonds. The van der Waals surface area contributed by atoms with Crippen molar-refractivity contribution in [3.63, 3.8) is 0 Å². The number of hydrogen-bond acceptors (Lipinski definition) is 4. The number of ether oxygens (including phenoxy) is 1. The maximum Gasteiger partial charge on any atom is 0.407 e. The molecule has 1 fully saturated rings. The lowest BCUT2D eigenvalue weighted by Gasteiger charge is -2.30. The zero-order valence-electron chi connectivity index (χ0n) is 19.3. The fourth-order valence-electron chi connectivity index (χ4n) is 5.27. The Morgan fingerprint density at radius 2 is 1.56 bits per heavy atom. The molecule has 1 atom stereocenters. The maximum absolute atomic E-state index is 12.4. The Balaban J connectivity index is 1.24. The van der Waals surface area contributed by atoms with E-state index in [0.29, 0.717) is 0 Å². The monoisotopic (exact) mass is 464 g/mol. The summed E-state index contributed by atoms with van der Waals surface area (Å²) in [5.74, 6) is -0.985. The van der Waals surface area contributed by atoms with Crippen LogP contribution >= 0.6 is 0 Å². The van der Waals surface area contributed by atoms with Gasteiger partial charge in [0.15, 0.2) is 0 Å². The van der Waals surface area contributed by atoms with Crippen LogP contribution in [0.3, 0.4) is 0 Å². The molecule has 2 aliphatic carbocycles. The van der Waals surface area contributed by atoms with Gasteiger partial charge in [0.25, 0.3) is 0 Å². The van der Waals surface area contributed by atoms with Crippen LogP contribution in [0.4, 0.5) is 4.79 Å². The van der Waals surface area contributed by atoms with E-state index in [2.05, 4.69) is 34.9 Å². The van der Waals surface area contributed by atoms with Gasteiger partial charge in [-0.05, 0) is 41.0 Å². The van der Waals surface area contributed by atoms with E-state index >= 15 is 0 Å². The zero-order valence-corrected chi connectivity index (χ0v) is 19.3. The summed E-state index contributed by atoms with van der Waals surface area (Å²) in [6.07, 6.45) is 4.62. The van der Waals surface area contributed by atoms with Gasteiger partial charge in [0, 0.05) is 24.9 Å². The second-order valence-corrected chi connectivity index (χ2v) is 9.17. The number of carboxylic acids is 1. The largest absolute Gasteiger partial charge is 0.481 e. The Hall–Kier alpha value is -3.35. The van der Waals surface area contributed by atoms with Crippen LogP contribution in [0.5, 0.6) is 0 Å². The lowest BCUT2D eigenvalue weighted by molar-refractivity contribution is -0.138. The maximum atomic E-state index is 12.4. The summed E-state index contributed by atoms with van der Waals surface area (Å²) < 4.78 is 5.49. The van der Waals surface area contributed by atoms with Crippen LogP contribution < -0.4 is 10.6 Å². The molecule has 1 unspecified atom stereocenters. The first-order chi connectivity index (χ1) is 16.5. The standard InChI is InChI=1S/C27H32N2O5/c30-25(29-24(16-26(31)32)18-8-2-1-3-9-18)14-15-28-27(33)34-17-23-21-12-6-4-10-19(21)20-11-5-7-13-22(20)23/h4-7,10-13,18,23-24H,1-3,8-9,14-17H2,(H,28,33)(H,29,30)(H,31,32). The molecular weight excluding hydrogens is 432 g/mol. The van der Waals surface area contributed by atoms with Gasteiger partial charge in [-0.25, -0.2) is 4.79 Å². The van der Waals surface area contributed by atoms with E-state index in [0.717, 1.165) is 54.4 Å². The summed E-state index contributed by atoms with van der Waals surface area (Å²) in [5, 5.41) is 14.7. The third kappa shape index (κ3) is 5.76. The van der Waals surface area contributed by atoms with Gasteiger partial charge >= 0.3 is 12.1 Å². The van der Waals surface area contributed by atoms with Crippen molar-refractivity contribution in [2.24, 2.45) is 5.92 Å². The average Bonchev–Trinajstić information content (AvgIpc) is 3.16. The molecule has 7 nitrogen and oxygen atoms in total. The number of benzene rings is 2. The number of rotatable bonds is 9. The molecule has 7 heteroatoms. The van der Waals surface area contributed by atoms with Gasteiger partial charge in [0.2, 0.25) is 5.91 Å². The fourth-order valence-corrected chi connectivity index (χ4v) is 5.27. The molecule has 1 saturated carbocycles. The summed E-state index contributed by atoms with van der Waals surface area (Å²) >= 11 is 0. The average molecular weight is 465 g/mol. The first kappa shape index (κ1) is 23.8. The summed E-state index contributed by atoms with van der Waals surface area (Å²) in [7, 11) is 0. The normalized spacial score (nSPS) is 16.2. The lowest BCUT2D eigenvalue weighted by atomic mass is 9.82. The van der Waals surface area contributed by atoms with Crippen LogP contribution in [-0.2, 0) is 14.3 Å². The van der Waals surface area contributed by atoms with E-state index in [4.69, 9.17) is 4.74 Å². The van der Waals surface area contributed by atoms with Crippen molar-refractivity contribution in [3.8, 4) is 11.1 Å². The molecule has 4 rings (SSSR count). The highest BCUT2D eigenvalue weighted by Crippen LogP contribution is 2.44. The van der Waals surface area contributed by atoms with Crippen LogP contribution in [-0.4, -0.2) is 42.3 Å². The molecule has 2 aromatic rings. The Morgan fingerprint density at radius 3 is 2.18 bits per heavy atom. The van der Waals surface area contributed by atoms with Crippen molar-refractivity contribution in [1.82, 2.24) is 10.6 Å².